The van der Waals surface area contributed by atoms with Gasteiger partial charge in [-0.3, -0.25) is 19.6 Å². The number of amidine groups is 1. The molecule has 1 aliphatic heterocycles. The number of hydrogen-bond acceptors (Lipinski definition) is 7. The number of sulfonamides is 1. The normalized spacial score (nSPS) is 15.4. The number of carbonyl (C=O) groups excluding carboxylic acids is 1. The fourth-order valence-corrected chi connectivity index (χ4v) is 4.13. The maximum absolute atomic E-state index is 12.1. The number of methoxy groups -OCH3 is 1. The van der Waals surface area contributed by atoms with E-state index in [0.29, 0.717) is 17.2 Å². The van der Waals surface area contributed by atoms with E-state index in [1.807, 2.05) is 24.3 Å². The summed E-state index contributed by atoms with van der Waals surface area (Å²) in [5.74, 6) is 1.49. The monoisotopic (exact) mass is 426 g/mol. The summed E-state index contributed by atoms with van der Waals surface area (Å²) in [6, 6.07) is 13.8. The van der Waals surface area contributed by atoms with Crippen LogP contribution in [0.15, 0.2) is 58.4 Å². The smallest absolute Gasteiger partial charge is 0.263 e. The van der Waals surface area contributed by atoms with Crippen molar-refractivity contribution in [1.29, 1.82) is 0 Å². The molecule has 154 valence electrons. The number of H-pyrrole nitrogens is 1. The third-order valence-corrected chi connectivity index (χ3v) is 5.77. The van der Waals surface area contributed by atoms with Gasteiger partial charge < -0.3 is 10.1 Å². The SMILES string of the molecule is COc1ccc(-c2n[nH]c(CNC(=O)CN=C3NS(=O)(=O)c4ccccc43)n2)cc1. The molecule has 1 amide bonds. The van der Waals surface area contributed by atoms with E-state index < -0.39 is 10.0 Å². The van der Waals surface area contributed by atoms with Gasteiger partial charge in [-0.2, -0.15) is 5.10 Å². The lowest BCUT2D eigenvalue weighted by atomic mass is 10.2. The number of benzene rings is 2. The van der Waals surface area contributed by atoms with Crippen molar-refractivity contribution in [3.8, 4) is 17.1 Å². The average molecular weight is 426 g/mol. The molecule has 0 bridgehead atoms. The molecule has 1 aromatic heterocycles. The van der Waals surface area contributed by atoms with Crippen LogP contribution in [0.1, 0.15) is 11.4 Å². The van der Waals surface area contributed by atoms with Crippen molar-refractivity contribution in [3.05, 3.63) is 59.9 Å². The number of aromatic nitrogens is 3. The lowest BCUT2D eigenvalue weighted by Gasteiger charge is -2.02. The first kappa shape index (κ1) is 19.6. The Hall–Kier alpha value is -3.73. The van der Waals surface area contributed by atoms with Gasteiger partial charge in [0.2, 0.25) is 5.91 Å². The predicted octanol–water partition coefficient (Wildman–Crippen LogP) is 0.835. The summed E-state index contributed by atoms with van der Waals surface area (Å²) < 4.78 is 31.6. The Morgan fingerprint density at radius 2 is 1.93 bits per heavy atom. The zero-order valence-electron chi connectivity index (χ0n) is 15.9. The molecule has 4 rings (SSSR count). The van der Waals surface area contributed by atoms with Crippen LogP contribution >= 0.6 is 0 Å². The molecule has 0 aliphatic carbocycles. The molecule has 0 radical (unpaired) electrons. The van der Waals surface area contributed by atoms with Gasteiger partial charge in [-0.1, -0.05) is 12.1 Å². The van der Waals surface area contributed by atoms with E-state index in [4.69, 9.17) is 4.74 Å². The third-order valence-electron chi connectivity index (χ3n) is 4.38. The standard InChI is InChI=1S/C19H18N6O4S/c1-29-13-8-6-12(7-9-13)18-22-16(23-24-18)10-20-17(26)11-21-19-14-4-2-3-5-15(14)30(27,28)25-19/h2-9H,10-11H2,1H3,(H,20,26)(H,21,25)(H,22,23,24). The maximum Gasteiger partial charge on any atom is 0.263 e. The second kappa shape index (κ2) is 7.95. The molecular formula is C19H18N6O4S. The number of nitrogens with one attached hydrogen (secondary N) is 3. The molecule has 10 nitrogen and oxygen atoms in total. The summed E-state index contributed by atoms with van der Waals surface area (Å²) in [5.41, 5.74) is 1.26. The summed E-state index contributed by atoms with van der Waals surface area (Å²) in [6.45, 7) is -0.0964. The molecule has 2 heterocycles. The van der Waals surface area contributed by atoms with E-state index in [-0.39, 0.29) is 29.7 Å². The predicted molar refractivity (Wildman–Crippen MR) is 108 cm³/mol. The summed E-state index contributed by atoms with van der Waals surface area (Å²) in [7, 11) is -2.04. The van der Waals surface area contributed by atoms with Gasteiger partial charge in [-0.05, 0) is 36.4 Å². The summed E-state index contributed by atoms with van der Waals surface area (Å²) in [5, 5.41) is 9.59. The minimum atomic E-state index is -3.63. The van der Waals surface area contributed by atoms with E-state index in [9.17, 15) is 13.2 Å². The zero-order chi connectivity index (χ0) is 21.1. The van der Waals surface area contributed by atoms with Gasteiger partial charge in [0.15, 0.2) is 5.82 Å². The number of nitrogens with zero attached hydrogens (tertiary/aromatic N) is 3. The highest BCUT2D eigenvalue weighted by atomic mass is 32.2. The maximum atomic E-state index is 12.1. The Bertz CT molecular complexity index is 1220. The molecular weight excluding hydrogens is 408 g/mol. The first-order valence-electron chi connectivity index (χ1n) is 8.95. The number of aliphatic imine (C=N–C) groups is 1. The quantitative estimate of drug-likeness (QED) is 0.534. The minimum Gasteiger partial charge on any atom is -0.497 e. The van der Waals surface area contributed by atoms with E-state index in [0.717, 1.165) is 11.3 Å². The first-order valence-corrected chi connectivity index (χ1v) is 10.4. The summed E-state index contributed by atoms with van der Waals surface area (Å²) in [4.78, 5) is 20.7. The molecule has 30 heavy (non-hydrogen) atoms. The van der Waals surface area contributed by atoms with Crippen LogP contribution in [0.5, 0.6) is 5.75 Å². The Kier molecular flexibility index (Phi) is 5.19. The zero-order valence-corrected chi connectivity index (χ0v) is 16.7. The number of aromatic amines is 1. The van der Waals surface area contributed by atoms with E-state index >= 15 is 0 Å². The van der Waals surface area contributed by atoms with Gasteiger partial charge in [0.05, 0.1) is 18.6 Å². The van der Waals surface area contributed by atoms with Gasteiger partial charge in [-0.15, -0.1) is 0 Å². The van der Waals surface area contributed by atoms with Crippen LogP contribution in [0, 0.1) is 0 Å². The van der Waals surface area contributed by atoms with Crippen molar-refractivity contribution in [2.45, 2.75) is 11.4 Å². The Morgan fingerprint density at radius 1 is 1.17 bits per heavy atom. The van der Waals surface area contributed by atoms with Gasteiger partial charge >= 0.3 is 0 Å². The fourth-order valence-electron chi connectivity index (χ4n) is 2.88. The number of hydrogen-bond donors (Lipinski definition) is 3. The van der Waals surface area contributed by atoms with Crippen LogP contribution in [0.4, 0.5) is 0 Å². The van der Waals surface area contributed by atoms with Crippen LogP contribution in [0.25, 0.3) is 11.4 Å². The lowest BCUT2D eigenvalue weighted by Crippen LogP contribution is -2.28. The summed E-state index contributed by atoms with van der Waals surface area (Å²) >= 11 is 0. The number of carbonyl (C=O) groups is 1. The number of fused-ring (bicyclic) bond motifs is 1. The highest BCUT2D eigenvalue weighted by molar-refractivity contribution is 7.90. The average Bonchev–Trinajstić information content (AvgIpc) is 3.33. The van der Waals surface area contributed by atoms with E-state index in [1.165, 1.54) is 6.07 Å². The van der Waals surface area contributed by atoms with Gasteiger partial charge in [0.25, 0.3) is 10.0 Å². The Balaban J connectivity index is 1.36. The first-order chi connectivity index (χ1) is 14.5. The molecule has 2 aromatic carbocycles. The van der Waals surface area contributed by atoms with E-state index in [2.05, 4.69) is 30.2 Å². The lowest BCUT2D eigenvalue weighted by molar-refractivity contribution is -0.119. The van der Waals surface area contributed by atoms with Crippen LogP contribution in [0.2, 0.25) is 0 Å². The molecule has 0 saturated heterocycles. The Morgan fingerprint density at radius 3 is 2.70 bits per heavy atom. The fraction of sp³-hybridized carbons (Fsp3) is 0.158. The number of amides is 1. The third kappa shape index (κ3) is 4.01. The van der Waals surface area contributed by atoms with Crippen molar-refractivity contribution < 1.29 is 17.9 Å². The second-order valence-electron chi connectivity index (χ2n) is 6.38. The molecule has 3 aromatic rings. The van der Waals surface area contributed by atoms with Crippen molar-refractivity contribution in [2.75, 3.05) is 13.7 Å². The van der Waals surface area contributed by atoms with E-state index in [1.54, 1.807) is 25.3 Å². The van der Waals surface area contributed by atoms with Crippen LogP contribution in [-0.4, -0.2) is 49.0 Å². The molecule has 11 heteroatoms. The van der Waals surface area contributed by atoms with Gasteiger partial charge in [-0.25, -0.2) is 13.4 Å². The van der Waals surface area contributed by atoms with Crippen molar-refractivity contribution in [3.63, 3.8) is 0 Å². The topological polar surface area (TPSA) is 138 Å². The second-order valence-corrected chi connectivity index (χ2v) is 8.03. The van der Waals surface area contributed by atoms with Gasteiger partial charge in [0.1, 0.15) is 24.0 Å². The minimum absolute atomic E-state index is 0.134. The van der Waals surface area contributed by atoms with Crippen molar-refractivity contribution in [2.24, 2.45) is 4.99 Å². The highest BCUT2D eigenvalue weighted by Gasteiger charge is 2.30. The highest BCUT2D eigenvalue weighted by Crippen LogP contribution is 2.22. The van der Waals surface area contributed by atoms with Crippen LogP contribution in [0.3, 0.4) is 0 Å². The molecule has 0 saturated carbocycles. The summed E-state index contributed by atoms with van der Waals surface area (Å²) in [6.07, 6.45) is 0. The molecule has 1 aliphatic rings. The van der Waals surface area contributed by atoms with Crippen molar-refractivity contribution in [1.82, 2.24) is 25.2 Å². The molecule has 0 spiro atoms. The van der Waals surface area contributed by atoms with Crippen LogP contribution in [-0.2, 0) is 21.4 Å². The Labute approximate surface area is 172 Å². The van der Waals surface area contributed by atoms with Crippen LogP contribution < -0.4 is 14.8 Å². The molecule has 0 fully saturated rings. The largest absolute Gasteiger partial charge is 0.497 e. The molecule has 0 unspecified atom stereocenters. The number of rotatable bonds is 6. The number of ether oxygens (including phenoxy) is 1. The van der Waals surface area contributed by atoms with Gasteiger partial charge in [0, 0.05) is 11.1 Å². The molecule has 3 N–H and O–H groups in total. The van der Waals surface area contributed by atoms with Crippen molar-refractivity contribution >= 4 is 21.8 Å². The molecule has 0 atom stereocenters.